The Balaban J connectivity index is 1.77. The molecule has 1 nitrogen and oxygen atoms in total. The second-order valence-electron chi connectivity index (χ2n) is 6.00. The molecule has 118 valence electrons. The van der Waals surface area contributed by atoms with Crippen LogP contribution in [0.3, 0.4) is 0 Å². The summed E-state index contributed by atoms with van der Waals surface area (Å²) in [6.45, 7) is 0. The van der Waals surface area contributed by atoms with Crippen molar-refractivity contribution in [1.82, 2.24) is 0 Å². The average Bonchev–Trinajstić information content (AvgIpc) is 2.51. The number of hydrogen-bond acceptors (Lipinski definition) is 1. The van der Waals surface area contributed by atoms with Gasteiger partial charge in [-0.25, -0.2) is 0 Å². The molecule has 0 spiro atoms. The maximum atomic E-state index is 12.5. The lowest BCUT2D eigenvalue weighted by molar-refractivity contribution is -0.137. The summed E-state index contributed by atoms with van der Waals surface area (Å²) in [6.07, 6.45) is 5.66. The lowest BCUT2D eigenvalue weighted by atomic mass is 9.79. The van der Waals surface area contributed by atoms with Gasteiger partial charge in [0.05, 0.1) is 11.6 Å². The van der Waals surface area contributed by atoms with Crippen molar-refractivity contribution in [3.63, 3.8) is 0 Å². The minimum atomic E-state index is -4.26. The lowest BCUT2D eigenvalue weighted by Gasteiger charge is -2.26. The number of nitriles is 1. The first kappa shape index (κ1) is 16.6. The SMILES string of the molecule is N#C/C=C/C1CCC(CCc2ccc(C(F)(F)F)cc2)CC1. The van der Waals surface area contributed by atoms with Crippen molar-refractivity contribution in [3.05, 3.63) is 47.5 Å². The highest BCUT2D eigenvalue weighted by atomic mass is 19.4. The third kappa shape index (κ3) is 4.91. The maximum Gasteiger partial charge on any atom is 0.416 e. The molecule has 22 heavy (non-hydrogen) atoms. The van der Waals surface area contributed by atoms with Crippen LogP contribution in [0.2, 0.25) is 0 Å². The zero-order chi connectivity index (χ0) is 16.0. The van der Waals surface area contributed by atoms with Gasteiger partial charge in [0, 0.05) is 6.08 Å². The van der Waals surface area contributed by atoms with E-state index >= 15 is 0 Å². The van der Waals surface area contributed by atoms with E-state index in [1.54, 1.807) is 18.2 Å². The molecule has 0 aliphatic heterocycles. The second-order valence-corrected chi connectivity index (χ2v) is 6.00. The van der Waals surface area contributed by atoms with Crippen LogP contribution in [0, 0.1) is 23.2 Å². The number of benzene rings is 1. The molecule has 0 heterocycles. The van der Waals surface area contributed by atoms with Gasteiger partial charge in [0.15, 0.2) is 0 Å². The quantitative estimate of drug-likeness (QED) is 0.671. The Morgan fingerprint density at radius 2 is 1.73 bits per heavy atom. The molecule has 2 rings (SSSR count). The first-order valence-corrected chi connectivity index (χ1v) is 7.71. The van der Waals surface area contributed by atoms with E-state index in [-0.39, 0.29) is 0 Å². The highest BCUT2D eigenvalue weighted by Gasteiger charge is 2.29. The summed E-state index contributed by atoms with van der Waals surface area (Å²) >= 11 is 0. The minimum Gasteiger partial charge on any atom is -0.193 e. The van der Waals surface area contributed by atoms with Crippen molar-refractivity contribution < 1.29 is 13.2 Å². The van der Waals surface area contributed by atoms with Crippen LogP contribution in [0.15, 0.2) is 36.4 Å². The molecule has 0 atom stereocenters. The summed E-state index contributed by atoms with van der Waals surface area (Å²) in [5, 5.41) is 8.52. The van der Waals surface area contributed by atoms with Crippen LogP contribution < -0.4 is 0 Å². The van der Waals surface area contributed by atoms with E-state index in [9.17, 15) is 13.2 Å². The normalized spacial score (nSPS) is 22.6. The summed E-state index contributed by atoms with van der Waals surface area (Å²) in [5.74, 6) is 1.16. The minimum absolute atomic E-state index is 0.516. The summed E-state index contributed by atoms with van der Waals surface area (Å²) in [4.78, 5) is 0. The summed E-state index contributed by atoms with van der Waals surface area (Å²) in [6, 6.07) is 7.53. The predicted molar refractivity (Wildman–Crippen MR) is 80.0 cm³/mol. The Labute approximate surface area is 129 Å². The number of aryl methyl sites for hydroxylation is 1. The Kier molecular flexibility index (Phi) is 5.65. The number of alkyl halides is 3. The molecule has 0 bridgehead atoms. The van der Waals surface area contributed by atoms with Crippen LogP contribution >= 0.6 is 0 Å². The van der Waals surface area contributed by atoms with Crippen LogP contribution in [0.1, 0.15) is 43.2 Å². The molecule has 0 saturated heterocycles. The fraction of sp³-hybridized carbons (Fsp3) is 0.500. The molecule has 1 aliphatic rings. The Bertz CT molecular complexity index is 529. The number of hydrogen-bond donors (Lipinski definition) is 0. The van der Waals surface area contributed by atoms with Crippen molar-refractivity contribution in [2.45, 2.75) is 44.7 Å². The highest BCUT2D eigenvalue weighted by Crippen LogP contribution is 2.33. The topological polar surface area (TPSA) is 23.8 Å². The second kappa shape index (κ2) is 7.49. The van der Waals surface area contributed by atoms with Gasteiger partial charge in [-0.2, -0.15) is 18.4 Å². The van der Waals surface area contributed by atoms with Crippen molar-refractivity contribution in [3.8, 4) is 6.07 Å². The van der Waals surface area contributed by atoms with Crippen molar-refractivity contribution in [2.24, 2.45) is 11.8 Å². The number of nitrogens with zero attached hydrogens (tertiary/aromatic N) is 1. The molecule has 1 fully saturated rings. The van der Waals surface area contributed by atoms with Gasteiger partial charge in [-0.3, -0.25) is 0 Å². The molecular weight excluding hydrogens is 287 g/mol. The molecule has 1 aromatic carbocycles. The molecule has 0 amide bonds. The molecule has 1 saturated carbocycles. The van der Waals surface area contributed by atoms with Gasteiger partial charge in [-0.15, -0.1) is 0 Å². The lowest BCUT2D eigenvalue weighted by Crippen LogP contribution is -2.13. The van der Waals surface area contributed by atoms with E-state index in [1.165, 1.54) is 12.1 Å². The zero-order valence-electron chi connectivity index (χ0n) is 12.4. The van der Waals surface area contributed by atoms with Crippen molar-refractivity contribution >= 4 is 0 Å². The summed E-state index contributed by atoms with van der Waals surface area (Å²) in [5.41, 5.74) is 0.389. The Hall–Kier alpha value is -1.76. The molecular formula is C18H20F3N. The van der Waals surface area contributed by atoms with Gasteiger partial charge in [-0.1, -0.05) is 18.2 Å². The van der Waals surface area contributed by atoms with Gasteiger partial charge in [0.1, 0.15) is 0 Å². The van der Waals surface area contributed by atoms with Gasteiger partial charge in [-0.05, 0) is 68.1 Å². The number of rotatable bonds is 4. The van der Waals surface area contributed by atoms with Crippen LogP contribution in [0.25, 0.3) is 0 Å². The van der Waals surface area contributed by atoms with Crippen molar-refractivity contribution in [2.75, 3.05) is 0 Å². The molecule has 0 aromatic heterocycles. The van der Waals surface area contributed by atoms with Crippen LogP contribution in [0.5, 0.6) is 0 Å². The largest absolute Gasteiger partial charge is 0.416 e. The van der Waals surface area contributed by atoms with Gasteiger partial charge < -0.3 is 0 Å². The maximum absolute atomic E-state index is 12.5. The fourth-order valence-corrected chi connectivity index (χ4v) is 3.08. The van der Waals surface area contributed by atoms with Crippen LogP contribution in [0.4, 0.5) is 13.2 Å². The third-order valence-electron chi connectivity index (χ3n) is 4.46. The Morgan fingerprint density at radius 3 is 2.27 bits per heavy atom. The predicted octanol–water partition coefficient (Wildman–Crippen LogP) is 5.52. The smallest absolute Gasteiger partial charge is 0.193 e. The molecule has 1 aromatic rings. The van der Waals surface area contributed by atoms with Crippen LogP contribution in [-0.2, 0) is 12.6 Å². The molecule has 4 heteroatoms. The zero-order valence-corrected chi connectivity index (χ0v) is 12.4. The Morgan fingerprint density at radius 1 is 1.09 bits per heavy atom. The number of allylic oxidation sites excluding steroid dienone is 2. The summed E-state index contributed by atoms with van der Waals surface area (Å²) in [7, 11) is 0. The van der Waals surface area contributed by atoms with Crippen LogP contribution in [-0.4, -0.2) is 0 Å². The van der Waals surface area contributed by atoms with E-state index in [2.05, 4.69) is 0 Å². The summed E-state index contributed by atoms with van der Waals surface area (Å²) < 4.78 is 37.5. The number of halogens is 3. The first-order chi connectivity index (χ1) is 10.5. The third-order valence-corrected chi connectivity index (χ3v) is 4.46. The first-order valence-electron chi connectivity index (χ1n) is 7.71. The van der Waals surface area contributed by atoms with E-state index < -0.39 is 11.7 Å². The van der Waals surface area contributed by atoms with E-state index in [0.29, 0.717) is 11.8 Å². The van der Waals surface area contributed by atoms with Gasteiger partial charge in [0.25, 0.3) is 0 Å². The van der Waals surface area contributed by atoms with Gasteiger partial charge in [0.2, 0.25) is 0 Å². The monoisotopic (exact) mass is 307 g/mol. The average molecular weight is 307 g/mol. The highest BCUT2D eigenvalue weighted by molar-refractivity contribution is 5.24. The standard InChI is InChI=1S/C18H20F3N/c19-18(20,21)17-11-9-16(10-12-17)8-7-15-5-3-14(4-6-15)2-1-13-22/h1-2,9-12,14-15H,3-8H2/b2-1+. The van der Waals surface area contributed by atoms with E-state index in [0.717, 1.165) is 44.1 Å². The van der Waals surface area contributed by atoms with E-state index in [4.69, 9.17) is 5.26 Å². The van der Waals surface area contributed by atoms with Gasteiger partial charge >= 0.3 is 6.18 Å². The fourth-order valence-electron chi connectivity index (χ4n) is 3.08. The van der Waals surface area contributed by atoms with E-state index in [1.807, 2.05) is 12.1 Å². The molecule has 0 unspecified atom stereocenters. The molecule has 1 aliphatic carbocycles. The molecule has 0 radical (unpaired) electrons. The van der Waals surface area contributed by atoms with Crippen molar-refractivity contribution in [1.29, 1.82) is 5.26 Å². The molecule has 0 N–H and O–H groups in total.